The van der Waals surface area contributed by atoms with Crippen molar-refractivity contribution in [2.45, 2.75) is 31.7 Å². The lowest BCUT2D eigenvalue weighted by Gasteiger charge is -2.15. The molecule has 7 nitrogen and oxygen atoms in total. The number of rotatable bonds is 1. The minimum Gasteiger partial charge on any atom is -0.370 e. The van der Waals surface area contributed by atoms with Gasteiger partial charge in [0.15, 0.2) is 5.96 Å². The minimum atomic E-state index is -4.67. The zero-order chi connectivity index (χ0) is 12.6. The Balaban J connectivity index is 0.000000385. The van der Waals surface area contributed by atoms with Crippen LogP contribution in [0.2, 0.25) is 0 Å². The van der Waals surface area contributed by atoms with Crippen LogP contribution in [0.25, 0.3) is 0 Å². The van der Waals surface area contributed by atoms with Crippen LogP contribution < -0.4 is 11.1 Å². The molecule has 0 radical (unpaired) electrons. The van der Waals surface area contributed by atoms with Crippen LogP contribution in [0, 0.1) is 5.41 Å². The third kappa shape index (κ3) is 12.9. The summed E-state index contributed by atoms with van der Waals surface area (Å²) in [7, 11) is -4.67. The number of nitrogens with one attached hydrogen (secondary N) is 2. The fraction of sp³-hybridized carbons (Fsp3) is 0.625. The Morgan fingerprint density at radius 1 is 1.31 bits per heavy atom. The fourth-order valence-corrected chi connectivity index (χ4v) is 1.34. The van der Waals surface area contributed by atoms with Gasteiger partial charge in [0.2, 0.25) is 0 Å². The first-order valence-corrected chi connectivity index (χ1v) is 6.14. The van der Waals surface area contributed by atoms with Crippen molar-refractivity contribution < 1.29 is 17.5 Å². The van der Waals surface area contributed by atoms with E-state index in [2.05, 4.69) is 17.5 Å². The van der Waals surface area contributed by atoms with E-state index in [1.54, 1.807) is 0 Å². The zero-order valence-corrected chi connectivity index (χ0v) is 9.57. The summed E-state index contributed by atoms with van der Waals surface area (Å²) in [5.41, 5.74) is 5.23. The standard InChI is InChI=1S/C8H15N3.H2O4S/c9-8(10)11-7-5-3-1-2-4-6-7;1-5(2,3)4/h1-2,7H,3-6H2,(H4,9,10,11);(H2,1,2,3,4). The second-order valence-corrected chi connectivity index (χ2v) is 4.22. The summed E-state index contributed by atoms with van der Waals surface area (Å²) < 4.78 is 31.6. The van der Waals surface area contributed by atoms with Crippen molar-refractivity contribution >= 4 is 16.4 Å². The van der Waals surface area contributed by atoms with Gasteiger partial charge >= 0.3 is 10.4 Å². The molecule has 8 heteroatoms. The predicted octanol–water partition coefficient (Wildman–Crippen LogP) is 0.315. The van der Waals surface area contributed by atoms with Crippen LogP contribution in [-0.4, -0.2) is 29.5 Å². The van der Waals surface area contributed by atoms with Gasteiger partial charge in [-0.15, -0.1) is 0 Å². The van der Waals surface area contributed by atoms with Crippen molar-refractivity contribution in [3.8, 4) is 0 Å². The van der Waals surface area contributed by atoms with Crippen LogP contribution in [0.4, 0.5) is 0 Å². The molecule has 0 spiro atoms. The molecule has 6 N–H and O–H groups in total. The Morgan fingerprint density at radius 3 is 2.00 bits per heavy atom. The maximum atomic E-state index is 8.74. The third-order valence-electron chi connectivity index (χ3n) is 1.89. The number of nitrogens with two attached hydrogens (primary N) is 1. The minimum absolute atomic E-state index is 0.0944. The molecule has 0 aromatic heterocycles. The van der Waals surface area contributed by atoms with E-state index < -0.39 is 10.4 Å². The highest BCUT2D eigenvalue weighted by Crippen LogP contribution is 2.10. The van der Waals surface area contributed by atoms with E-state index in [1.165, 1.54) is 0 Å². The normalized spacial score (nSPS) is 16.9. The molecule has 0 atom stereocenters. The van der Waals surface area contributed by atoms with Crippen LogP contribution >= 0.6 is 0 Å². The van der Waals surface area contributed by atoms with Gasteiger partial charge in [0.05, 0.1) is 0 Å². The van der Waals surface area contributed by atoms with Crippen molar-refractivity contribution in [1.82, 2.24) is 5.32 Å². The van der Waals surface area contributed by atoms with Crippen molar-refractivity contribution in [3.63, 3.8) is 0 Å². The summed E-state index contributed by atoms with van der Waals surface area (Å²) in [5.74, 6) is 0.0944. The smallest absolute Gasteiger partial charge is 0.370 e. The molecule has 1 aliphatic rings. The largest absolute Gasteiger partial charge is 0.394 e. The van der Waals surface area contributed by atoms with E-state index in [9.17, 15) is 0 Å². The molecular weight excluding hydrogens is 234 g/mol. The van der Waals surface area contributed by atoms with Gasteiger partial charge in [-0.05, 0) is 25.7 Å². The summed E-state index contributed by atoms with van der Waals surface area (Å²) in [4.78, 5) is 0. The lowest BCUT2D eigenvalue weighted by atomic mass is 10.1. The molecule has 0 aliphatic heterocycles. The molecule has 0 saturated heterocycles. The average molecular weight is 251 g/mol. The number of allylic oxidation sites excluding steroid dienone is 2. The molecule has 0 heterocycles. The first-order chi connectivity index (χ1) is 7.29. The van der Waals surface area contributed by atoms with Gasteiger partial charge in [0, 0.05) is 6.04 Å². The first kappa shape index (κ1) is 14.9. The number of hydrogen-bond acceptors (Lipinski definition) is 3. The van der Waals surface area contributed by atoms with Crippen molar-refractivity contribution in [2.75, 3.05) is 0 Å². The highest BCUT2D eigenvalue weighted by Gasteiger charge is 2.08. The van der Waals surface area contributed by atoms with E-state index in [0.29, 0.717) is 6.04 Å². The lowest BCUT2D eigenvalue weighted by Crippen LogP contribution is -2.38. The van der Waals surface area contributed by atoms with Gasteiger partial charge in [-0.1, -0.05) is 12.2 Å². The second kappa shape index (κ2) is 7.20. The van der Waals surface area contributed by atoms with Crippen LogP contribution in [0.5, 0.6) is 0 Å². The SMILES string of the molecule is N=C(N)NC1CCC=CCC1.O=S(=O)(O)O. The molecule has 1 aliphatic carbocycles. The highest BCUT2D eigenvalue weighted by atomic mass is 32.3. The van der Waals surface area contributed by atoms with Gasteiger partial charge in [-0.25, -0.2) is 0 Å². The van der Waals surface area contributed by atoms with Crippen molar-refractivity contribution in [1.29, 1.82) is 5.41 Å². The fourth-order valence-electron chi connectivity index (χ4n) is 1.34. The molecule has 0 amide bonds. The van der Waals surface area contributed by atoms with Gasteiger partial charge < -0.3 is 11.1 Å². The maximum absolute atomic E-state index is 8.74. The zero-order valence-electron chi connectivity index (χ0n) is 8.76. The van der Waals surface area contributed by atoms with E-state index in [0.717, 1.165) is 25.7 Å². The molecular formula is C8H17N3O4S. The highest BCUT2D eigenvalue weighted by molar-refractivity contribution is 7.79. The van der Waals surface area contributed by atoms with E-state index >= 15 is 0 Å². The Morgan fingerprint density at radius 2 is 1.69 bits per heavy atom. The molecule has 0 aromatic carbocycles. The van der Waals surface area contributed by atoms with Crippen molar-refractivity contribution in [2.24, 2.45) is 5.73 Å². The maximum Gasteiger partial charge on any atom is 0.394 e. The molecule has 1 rings (SSSR count). The van der Waals surface area contributed by atoms with Gasteiger partial charge in [-0.2, -0.15) is 8.42 Å². The molecule has 0 fully saturated rings. The Labute approximate surface area is 94.8 Å². The molecule has 94 valence electrons. The summed E-state index contributed by atoms with van der Waals surface area (Å²) in [6.07, 6.45) is 8.78. The average Bonchev–Trinajstić information content (AvgIpc) is 2.28. The third-order valence-corrected chi connectivity index (χ3v) is 1.89. The quantitative estimate of drug-likeness (QED) is 0.197. The van der Waals surface area contributed by atoms with Crippen molar-refractivity contribution in [3.05, 3.63) is 12.2 Å². The van der Waals surface area contributed by atoms with Crippen LogP contribution in [0.1, 0.15) is 25.7 Å². The Bertz CT molecular complexity index is 321. The Kier molecular flexibility index (Phi) is 6.70. The number of guanidine groups is 1. The van der Waals surface area contributed by atoms with Crippen LogP contribution in [0.3, 0.4) is 0 Å². The van der Waals surface area contributed by atoms with Crippen LogP contribution in [0.15, 0.2) is 12.2 Å². The molecule has 0 unspecified atom stereocenters. The second-order valence-electron chi connectivity index (χ2n) is 3.33. The van der Waals surface area contributed by atoms with E-state index in [1.807, 2.05) is 0 Å². The monoisotopic (exact) mass is 251 g/mol. The summed E-state index contributed by atoms with van der Waals surface area (Å²) in [6, 6.07) is 0.405. The van der Waals surface area contributed by atoms with Crippen LogP contribution in [-0.2, 0) is 10.4 Å². The summed E-state index contributed by atoms with van der Waals surface area (Å²) in [5, 5.41) is 9.99. The van der Waals surface area contributed by atoms with E-state index in [4.69, 9.17) is 28.7 Å². The van der Waals surface area contributed by atoms with Gasteiger partial charge in [0.25, 0.3) is 0 Å². The molecule has 16 heavy (non-hydrogen) atoms. The lowest BCUT2D eigenvalue weighted by molar-refractivity contribution is 0.381. The first-order valence-electron chi connectivity index (χ1n) is 4.74. The molecule has 0 bridgehead atoms. The predicted molar refractivity (Wildman–Crippen MR) is 60.6 cm³/mol. The van der Waals surface area contributed by atoms with Gasteiger partial charge in [-0.3, -0.25) is 14.5 Å². The van der Waals surface area contributed by atoms with E-state index in [-0.39, 0.29) is 5.96 Å². The number of hydrogen-bond donors (Lipinski definition) is 5. The molecule has 0 aromatic rings. The Hall–Kier alpha value is -1.12. The summed E-state index contributed by atoms with van der Waals surface area (Å²) >= 11 is 0. The molecule has 0 saturated carbocycles. The summed E-state index contributed by atoms with van der Waals surface area (Å²) in [6.45, 7) is 0. The van der Waals surface area contributed by atoms with Gasteiger partial charge in [0.1, 0.15) is 0 Å². The topological polar surface area (TPSA) is 136 Å².